The van der Waals surface area contributed by atoms with Crippen LogP contribution in [-0.2, 0) is 16.0 Å². The van der Waals surface area contributed by atoms with Crippen molar-refractivity contribution in [1.29, 1.82) is 0 Å². The first-order chi connectivity index (χ1) is 16.0. The second-order valence-electron chi connectivity index (χ2n) is 8.92. The van der Waals surface area contributed by atoms with Gasteiger partial charge in [-0.2, -0.15) is 0 Å². The van der Waals surface area contributed by atoms with Crippen molar-refractivity contribution in [1.82, 2.24) is 15.2 Å². The molecule has 0 radical (unpaired) electrons. The number of likely N-dealkylation sites (tertiary alicyclic amines) is 1. The Morgan fingerprint density at radius 2 is 1.73 bits per heavy atom. The van der Waals surface area contributed by atoms with E-state index in [1.165, 1.54) is 0 Å². The lowest BCUT2D eigenvalue weighted by Gasteiger charge is -2.42. The van der Waals surface area contributed by atoms with Crippen LogP contribution in [0, 0.1) is 5.41 Å². The summed E-state index contributed by atoms with van der Waals surface area (Å²) < 4.78 is 0. The summed E-state index contributed by atoms with van der Waals surface area (Å²) in [5.41, 5.74) is 3.63. The van der Waals surface area contributed by atoms with E-state index >= 15 is 0 Å². The average Bonchev–Trinajstić information content (AvgIpc) is 2.88. The van der Waals surface area contributed by atoms with Crippen LogP contribution in [0.3, 0.4) is 0 Å². The molecule has 0 bridgehead atoms. The van der Waals surface area contributed by atoms with E-state index < -0.39 is 5.41 Å². The molecule has 2 heterocycles. The molecule has 1 fully saturated rings. The Bertz CT molecular complexity index is 1100. The Labute approximate surface area is 195 Å². The van der Waals surface area contributed by atoms with E-state index in [0.717, 1.165) is 35.1 Å². The predicted octanol–water partition coefficient (Wildman–Crippen LogP) is 4.45. The normalized spacial score (nSPS) is 19.0. The number of pyridine rings is 1. The van der Waals surface area contributed by atoms with Crippen molar-refractivity contribution in [3.05, 3.63) is 90.3 Å². The zero-order valence-electron chi connectivity index (χ0n) is 19.3. The van der Waals surface area contributed by atoms with Gasteiger partial charge in [0, 0.05) is 32.5 Å². The topological polar surface area (TPSA) is 62.3 Å². The largest absolute Gasteiger partial charge is 0.359 e. The molecule has 0 spiro atoms. The molecular formula is C28H31N3O2. The molecule has 5 nitrogen and oxygen atoms in total. The second-order valence-corrected chi connectivity index (χ2v) is 8.92. The summed E-state index contributed by atoms with van der Waals surface area (Å²) in [7, 11) is 1.69. The van der Waals surface area contributed by atoms with Gasteiger partial charge >= 0.3 is 0 Å². The molecule has 33 heavy (non-hydrogen) atoms. The Morgan fingerprint density at radius 1 is 1.03 bits per heavy atom. The van der Waals surface area contributed by atoms with Crippen molar-refractivity contribution in [3.63, 3.8) is 0 Å². The van der Waals surface area contributed by atoms with E-state index in [4.69, 9.17) is 0 Å². The van der Waals surface area contributed by atoms with Crippen molar-refractivity contribution in [2.45, 2.75) is 32.1 Å². The van der Waals surface area contributed by atoms with Gasteiger partial charge in [0.15, 0.2) is 0 Å². The maximum Gasteiger partial charge on any atom is 0.229 e. The van der Waals surface area contributed by atoms with E-state index in [2.05, 4.69) is 22.4 Å². The number of benzene rings is 2. The number of piperidine rings is 1. The number of rotatable bonds is 6. The summed E-state index contributed by atoms with van der Waals surface area (Å²) >= 11 is 0. The van der Waals surface area contributed by atoms with Gasteiger partial charge in [0.2, 0.25) is 11.8 Å². The number of hydrogen-bond donors (Lipinski definition) is 1. The highest BCUT2D eigenvalue weighted by Crippen LogP contribution is 2.38. The maximum absolute atomic E-state index is 13.4. The van der Waals surface area contributed by atoms with Crippen LogP contribution in [0.25, 0.3) is 11.1 Å². The van der Waals surface area contributed by atoms with E-state index in [9.17, 15) is 9.59 Å². The van der Waals surface area contributed by atoms with Gasteiger partial charge < -0.3 is 10.2 Å². The average molecular weight is 442 g/mol. The maximum atomic E-state index is 13.4. The van der Waals surface area contributed by atoms with Gasteiger partial charge in [-0.3, -0.25) is 14.6 Å². The van der Waals surface area contributed by atoms with Gasteiger partial charge in [0.1, 0.15) is 0 Å². The molecule has 2 aromatic carbocycles. The molecule has 1 aromatic heterocycles. The summed E-state index contributed by atoms with van der Waals surface area (Å²) in [5, 5.41) is 2.89. The SMILES string of the molecule is CNC(=O)[C@]1(Cc2ccccc2-c2ccncc2)CCCN(C(=O)[C@@H](C)c2ccccc2)C1. The summed E-state index contributed by atoms with van der Waals surface area (Å²) in [5.74, 6) is -0.163. The first-order valence-corrected chi connectivity index (χ1v) is 11.6. The fourth-order valence-corrected chi connectivity index (χ4v) is 5.01. The minimum Gasteiger partial charge on any atom is -0.359 e. The van der Waals surface area contributed by atoms with Crippen LogP contribution in [0.2, 0.25) is 0 Å². The van der Waals surface area contributed by atoms with Gasteiger partial charge in [-0.05, 0) is 60.6 Å². The molecule has 170 valence electrons. The summed E-state index contributed by atoms with van der Waals surface area (Å²) in [6.45, 7) is 3.06. The molecule has 1 aliphatic rings. The van der Waals surface area contributed by atoms with Crippen LogP contribution in [0.15, 0.2) is 79.1 Å². The van der Waals surface area contributed by atoms with Crippen LogP contribution < -0.4 is 5.32 Å². The van der Waals surface area contributed by atoms with Gasteiger partial charge in [0.05, 0.1) is 11.3 Å². The van der Waals surface area contributed by atoms with Gasteiger partial charge in [0.25, 0.3) is 0 Å². The molecule has 2 amide bonds. The standard InChI is InChI=1S/C28H31N3O2/c1-21(22-9-4-3-5-10-22)26(32)31-18-8-15-28(20-31,27(33)29-2)19-24-11-6-7-12-25(24)23-13-16-30-17-14-23/h3-7,9-14,16-17,21H,8,15,18-20H2,1-2H3,(H,29,33)/t21-,28-/m0/s1. The van der Waals surface area contributed by atoms with Crippen LogP contribution >= 0.6 is 0 Å². The highest BCUT2D eigenvalue weighted by molar-refractivity contribution is 5.87. The molecule has 0 aliphatic carbocycles. The van der Waals surface area contributed by atoms with E-state index in [-0.39, 0.29) is 17.7 Å². The van der Waals surface area contributed by atoms with Crippen LogP contribution in [-0.4, -0.2) is 41.8 Å². The van der Waals surface area contributed by atoms with Crippen LogP contribution in [0.4, 0.5) is 0 Å². The summed E-state index contributed by atoms with van der Waals surface area (Å²) in [4.78, 5) is 32.7. The molecule has 0 unspecified atom stereocenters. The lowest BCUT2D eigenvalue weighted by atomic mass is 9.73. The highest BCUT2D eigenvalue weighted by Gasteiger charge is 2.44. The Balaban J connectivity index is 1.64. The van der Waals surface area contributed by atoms with E-state index in [1.807, 2.05) is 66.4 Å². The fourth-order valence-electron chi connectivity index (χ4n) is 5.01. The molecule has 0 saturated carbocycles. The zero-order valence-corrected chi connectivity index (χ0v) is 19.3. The number of nitrogens with zero attached hydrogens (tertiary/aromatic N) is 2. The molecule has 1 aliphatic heterocycles. The fraction of sp³-hybridized carbons (Fsp3) is 0.321. The first-order valence-electron chi connectivity index (χ1n) is 11.6. The number of nitrogens with one attached hydrogen (secondary N) is 1. The first kappa shape index (κ1) is 22.7. The molecule has 4 rings (SSSR count). The monoisotopic (exact) mass is 441 g/mol. The summed E-state index contributed by atoms with van der Waals surface area (Å²) in [6.07, 6.45) is 5.70. The molecule has 5 heteroatoms. The van der Waals surface area contributed by atoms with Gasteiger partial charge in [-0.25, -0.2) is 0 Å². The number of hydrogen-bond acceptors (Lipinski definition) is 3. The van der Waals surface area contributed by atoms with Crippen molar-refractivity contribution < 1.29 is 9.59 Å². The van der Waals surface area contributed by atoms with E-state index in [0.29, 0.717) is 19.5 Å². The third-order valence-corrected chi connectivity index (χ3v) is 6.80. The van der Waals surface area contributed by atoms with E-state index in [1.54, 1.807) is 19.4 Å². The Hall–Kier alpha value is -3.47. The molecule has 3 aromatic rings. The third-order valence-electron chi connectivity index (χ3n) is 6.80. The quantitative estimate of drug-likeness (QED) is 0.615. The van der Waals surface area contributed by atoms with Crippen LogP contribution in [0.5, 0.6) is 0 Å². The van der Waals surface area contributed by atoms with Crippen molar-refractivity contribution in [3.8, 4) is 11.1 Å². The van der Waals surface area contributed by atoms with Crippen molar-refractivity contribution in [2.75, 3.05) is 20.1 Å². The van der Waals surface area contributed by atoms with Crippen molar-refractivity contribution >= 4 is 11.8 Å². The Morgan fingerprint density at radius 3 is 2.45 bits per heavy atom. The second kappa shape index (κ2) is 9.99. The number of carbonyl (C=O) groups excluding carboxylic acids is 2. The molecule has 1 saturated heterocycles. The number of aromatic nitrogens is 1. The Kier molecular flexibility index (Phi) is 6.87. The number of amides is 2. The lowest BCUT2D eigenvalue weighted by molar-refractivity contribution is -0.142. The predicted molar refractivity (Wildman–Crippen MR) is 131 cm³/mol. The molecule has 2 atom stereocenters. The molecular weight excluding hydrogens is 410 g/mol. The minimum atomic E-state index is -0.664. The number of carbonyl (C=O) groups is 2. The van der Waals surface area contributed by atoms with Crippen molar-refractivity contribution in [2.24, 2.45) is 5.41 Å². The third kappa shape index (κ3) is 4.82. The van der Waals surface area contributed by atoms with Crippen LogP contribution in [0.1, 0.15) is 36.8 Å². The van der Waals surface area contributed by atoms with Gasteiger partial charge in [-0.1, -0.05) is 54.6 Å². The zero-order chi connectivity index (χ0) is 23.3. The lowest BCUT2D eigenvalue weighted by Crippen LogP contribution is -2.54. The highest BCUT2D eigenvalue weighted by atomic mass is 16.2. The summed E-state index contributed by atoms with van der Waals surface area (Å²) in [6, 6.07) is 22.0. The van der Waals surface area contributed by atoms with Gasteiger partial charge in [-0.15, -0.1) is 0 Å². The molecule has 1 N–H and O–H groups in total. The smallest absolute Gasteiger partial charge is 0.229 e. The minimum absolute atomic E-state index is 0.00287.